The lowest BCUT2D eigenvalue weighted by Gasteiger charge is -2.30. The predicted octanol–water partition coefficient (Wildman–Crippen LogP) is 2.33. The zero-order valence-corrected chi connectivity index (χ0v) is 16.8. The van der Waals surface area contributed by atoms with E-state index in [1.54, 1.807) is 6.07 Å². The first-order valence-corrected chi connectivity index (χ1v) is 11.3. The van der Waals surface area contributed by atoms with E-state index in [1.165, 1.54) is 27.8 Å². The molecule has 29 heavy (non-hydrogen) atoms. The lowest BCUT2D eigenvalue weighted by atomic mass is 10.3. The Kier molecular flexibility index (Phi) is 4.74. The average molecular weight is 435 g/mol. The Bertz CT molecular complexity index is 1110. The number of hydrogen-bond donors (Lipinski definition) is 0. The van der Waals surface area contributed by atoms with E-state index in [1.807, 2.05) is 17.5 Å². The van der Waals surface area contributed by atoms with Gasteiger partial charge in [-0.3, -0.25) is 0 Å². The van der Waals surface area contributed by atoms with E-state index in [9.17, 15) is 8.42 Å². The third-order valence-electron chi connectivity index (χ3n) is 4.64. The second-order valence-electron chi connectivity index (χ2n) is 6.46. The Labute approximate surface area is 170 Å². The second kappa shape index (κ2) is 7.41. The predicted molar refractivity (Wildman–Crippen MR) is 102 cm³/mol. The topological polar surface area (TPSA) is 104 Å². The van der Waals surface area contributed by atoms with Crippen LogP contribution >= 0.6 is 11.3 Å². The van der Waals surface area contributed by atoms with Crippen molar-refractivity contribution in [1.82, 2.24) is 14.4 Å². The fourth-order valence-electron chi connectivity index (χ4n) is 3.20. The molecule has 2 aromatic heterocycles. The van der Waals surface area contributed by atoms with Gasteiger partial charge in [-0.2, -0.15) is 9.29 Å². The highest BCUT2D eigenvalue weighted by Crippen LogP contribution is 2.34. The molecule has 0 aliphatic carbocycles. The molecule has 3 aromatic rings. The van der Waals surface area contributed by atoms with Gasteiger partial charge in [0.25, 0.3) is 5.89 Å². The molecule has 1 fully saturated rings. The first kappa shape index (κ1) is 18.6. The third kappa shape index (κ3) is 3.50. The third-order valence-corrected chi connectivity index (χ3v) is 7.37. The molecular weight excluding hydrogens is 418 g/mol. The van der Waals surface area contributed by atoms with Crippen molar-refractivity contribution in [3.8, 4) is 22.2 Å². The molecule has 0 saturated carbocycles. The molecule has 0 amide bonds. The number of nitrogens with zero attached hydrogens (tertiary/aromatic N) is 3. The van der Waals surface area contributed by atoms with Crippen LogP contribution in [-0.2, 0) is 14.8 Å². The maximum absolute atomic E-state index is 13.2. The summed E-state index contributed by atoms with van der Waals surface area (Å²) in [6.45, 7) is 1.38. The van der Waals surface area contributed by atoms with Gasteiger partial charge in [-0.15, -0.1) is 11.3 Å². The average Bonchev–Trinajstić information content (AvgIpc) is 3.45. The molecule has 0 spiro atoms. The molecular formula is C18H17N3O6S2. The summed E-state index contributed by atoms with van der Waals surface area (Å²) in [6, 6.07) is 8.42. The minimum Gasteiger partial charge on any atom is -0.486 e. The quantitative estimate of drug-likeness (QED) is 0.615. The first-order chi connectivity index (χ1) is 14.1. The van der Waals surface area contributed by atoms with E-state index in [2.05, 4.69) is 10.1 Å². The summed E-state index contributed by atoms with van der Waals surface area (Å²) in [5, 5.41) is 5.89. The molecule has 1 aromatic carbocycles. The molecule has 152 valence electrons. The normalized spacial score (nSPS) is 19.9. The van der Waals surface area contributed by atoms with Gasteiger partial charge in [0.15, 0.2) is 17.6 Å². The lowest BCUT2D eigenvalue weighted by molar-refractivity contribution is -0.0199. The van der Waals surface area contributed by atoms with Crippen molar-refractivity contribution in [3.63, 3.8) is 0 Å². The Balaban J connectivity index is 1.37. The molecule has 2 aliphatic heterocycles. The summed E-state index contributed by atoms with van der Waals surface area (Å²) in [4.78, 5) is 5.39. The number of rotatable bonds is 4. The zero-order chi connectivity index (χ0) is 19.8. The van der Waals surface area contributed by atoms with Crippen molar-refractivity contribution >= 4 is 21.4 Å². The van der Waals surface area contributed by atoms with Crippen LogP contribution < -0.4 is 9.47 Å². The number of hydrogen-bond acceptors (Lipinski definition) is 9. The zero-order valence-electron chi connectivity index (χ0n) is 15.2. The molecule has 0 unspecified atom stereocenters. The van der Waals surface area contributed by atoms with Crippen molar-refractivity contribution in [1.29, 1.82) is 0 Å². The SMILES string of the molecule is O=S(=O)(c1ccc2c(c1)OCCO2)N1CCO[C@H](c2nc(-c3cccs3)no2)C1. The van der Waals surface area contributed by atoms with Crippen LogP contribution in [0.3, 0.4) is 0 Å². The second-order valence-corrected chi connectivity index (χ2v) is 9.35. The summed E-state index contributed by atoms with van der Waals surface area (Å²) in [7, 11) is -3.74. The van der Waals surface area contributed by atoms with E-state index >= 15 is 0 Å². The molecule has 1 atom stereocenters. The van der Waals surface area contributed by atoms with Crippen molar-refractivity contribution in [3.05, 3.63) is 41.6 Å². The lowest BCUT2D eigenvalue weighted by Crippen LogP contribution is -2.42. The van der Waals surface area contributed by atoms with Gasteiger partial charge in [0.2, 0.25) is 15.8 Å². The van der Waals surface area contributed by atoms with Gasteiger partial charge in [0.1, 0.15) is 13.2 Å². The number of sulfonamides is 1. The number of morpholine rings is 1. The summed E-state index contributed by atoms with van der Waals surface area (Å²) in [5.74, 6) is 1.70. The molecule has 0 radical (unpaired) electrons. The monoisotopic (exact) mass is 435 g/mol. The number of aromatic nitrogens is 2. The van der Waals surface area contributed by atoms with Crippen molar-refractivity contribution in [2.75, 3.05) is 32.9 Å². The van der Waals surface area contributed by atoms with E-state index in [0.29, 0.717) is 30.5 Å². The molecule has 9 nitrogen and oxygen atoms in total. The van der Waals surface area contributed by atoms with E-state index in [0.717, 1.165) is 4.88 Å². The van der Waals surface area contributed by atoms with Gasteiger partial charge < -0.3 is 18.7 Å². The number of ether oxygens (including phenoxy) is 3. The van der Waals surface area contributed by atoms with Gasteiger partial charge in [-0.1, -0.05) is 11.2 Å². The smallest absolute Gasteiger partial charge is 0.257 e. The maximum Gasteiger partial charge on any atom is 0.257 e. The molecule has 11 heteroatoms. The molecule has 5 rings (SSSR count). The van der Waals surface area contributed by atoms with Gasteiger partial charge in [0.05, 0.1) is 16.4 Å². The summed E-state index contributed by atoms with van der Waals surface area (Å²) in [6.07, 6.45) is -0.628. The van der Waals surface area contributed by atoms with Crippen LogP contribution in [0.1, 0.15) is 12.0 Å². The minimum atomic E-state index is -3.74. The maximum atomic E-state index is 13.2. The fourth-order valence-corrected chi connectivity index (χ4v) is 5.29. The van der Waals surface area contributed by atoms with Crippen LogP contribution in [0.4, 0.5) is 0 Å². The largest absolute Gasteiger partial charge is 0.486 e. The van der Waals surface area contributed by atoms with Crippen molar-refractivity contribution in [2.45, 2.75) is 11.0 Å². The highest BCUT2D eigenvalue weighted by Gasteiger charge is 2.35. The highest BCUT2D eigenvalue weighted by molar-refractivity contribution is 7.89. The van der Waals surface area contributed by atoms with Gasteiger partial charge in [-0.25, -0.2) is 8.42 Å². The summed E-state index contributed by atoms with van der Waals surface area (Å²) in [5.41, 5.74) is 0. The molecule has 0 bridgehead atoms. The Hall–Kier alpha value is -2.47. The van der Waals surface area contributed by atoms with Crippen LogP contribution in [0.25, 0.3) is 10.7 Å². The highest BCUT2D eigenvalue weighted by atomic mass is 32.2. The van der Waals surface area contributed by atoms with Crippen molar-refractivity contribution < 1.29 is 27.2 Å². The van der Waals surface area contributed by atoms with Crippen molar-refractivity contribution in [2.24, 2.45) is 0 Å². The number of thiophene rings is 1. The van der Waals surface area contributed by atoms with Gasteiger partial charge in [-0.05, 0) is 23.6 Å². The first-order valence-electron chi connectivity index (χ1n) is 9.00. The summed E-state index contributed by atoms with van der Waals surface area (Å²) >= 11 is 1.50. The minimum absolute atomic E-state index is 0.0862. The van der Waals surface area contributed by atoms with Crippen LogP contribution in [0, 0.1) is 0 Å². The number of fused-ring (bicyclic) bond motifs is 1. The van der Waals surface area contributed by atoms with E-state index in [-0.39, 0.29) is 30.5 Å². The van der Waals surface area contributed by atoms with Gasteiger partial charge in [0, 0.05) is 19.2 Å². The van der Waals surface area contributed by atoms with Crippen LogP contribution in [0.2, 0.25) is 0 Å². The van der Waals surface area contributed by atoms with E-state index in [4.69, 9.17) is 18.7 Å². The molecule has 0 N–H and O–H groups in total. The molecule has 2 aliphatic rings. The number of benzene rings is 1. The molecule has 4 heterocycles. The van der Waals surface area contributed by atoms with Crippen LogP contribution in [0.5, 0.6) is 11.5 Å². The van der Waals surface area contributed by atoms with Crippen LogP contribution in [-0.4, -0.2) is 55.8 Å². The Morgan fingerprint density at radius 1 is 1.10 bits per heavy atom. The van der Waals surface area contributed by atoms with Gasteiger partial charge >= 0.3 is 0 Å². The van der Waals surface area contributed by atoms with Crippen LogP contribution in [0.15, 0.2) is 45.1 Å². The fraction of sp³-hybridized carbons (Fsp3) is 0.333. The molecule has 1 saturated heterocycles. The Morgan fingerprint density at radius 3 is 2.79 bits per heavy atom. The van der Waals surface area contributed by atoms with E-state index < -0.39 is 16.1 Å². The standard InChI is InChI=1S/C18H17N3O6S2/c22-29(23,12-3-4-13-14(10-12)26-8-7-25-13)21-5-6-24-15(11-21)18-19-17(20-27-18)16-2-1-9-28-16/h1-4,9-10,15H,5-8,11H2/t15-/m0/s1. The summed E-state index contributed by atoms with van der Waals surface area (Å²) < 4.78 is 49.7. The Morgan fingerprint density at radius 2 is 1.97 bits per heavy atom.